The lowest BCUT2D eigenvalue weighted by molar-refractivity contribution is -0.384. The number of benzene rings is 2. The zero-order valence-corrected chi connectivity index (χ0v) is 17.2. The summed E-state index contributed by atoms with van der Waals surface area (Å²) in [6, 6.07) is 11.6. The summed E-state index contributed by atoms with van der Waals surface area (Å²) in [6.45, 7) is 3.91. The molecular weight excluding hydrogens is 406 g/mol. The summed E-state index contributed by atoms with van der Waals surface area (Å²) in [6.07, 6.45) is 2.81. The average molecular weight is 425 g/mol. The van der Waals surface area contributed by atoms with Gasteiger partial charge >= 0.3 is 5.97 Å². The number of amides is 1. The molecule has 3 aromatic rings. The highest BCUT2D eigenvalue weighted by Crippen LogP contribution is 2.19. The molecule has 0 radical (unpaired) electrons. The summed E-state index contributed by atoms with van der Waals surface area (Å²) in [4.78, 5) is 39.2. The second kappa shape index (κ2) is 9.27. The molecular formula is C21H19N3O5S. The molecule has 0 bridgehead atoms. The van der Waals surface area contributed by atoms with Crippen molar-refractivity contribution in [1.29, 1.82) is 0 Å². The summed E-state index contributed by atoms with van der Waals surface area (Å²) in [5.41, 5.74) is 2.46. The Hall–Kier alpha value is -3.59. The number of hydrogen-bond acceptors (Lipinski definition) is 6. The predicted octanol–water partition coefficient (Wildman–Crippen LogP) is 3.62. The molecule has 1 aromatic heterocycles. The topological polar surface area (TPSA) is 104 Å². The number of non-ortho nitro benzene ring substituents is 1. The average Bonchev–Trinajstić information content (AvgIpc) is 3.02. The molecule has 1 heterocycles. The van der Waals surface area contributed by atoms with Crippen LogP contribution in [0.3, 0.4) is 0 Å². The van der Waals surface area contributed by atoms with E-state index in [2.05, 4.69) is 4.99 Å². The number of aryl methyl sites for hydroxylation is 1. The van der Waals surface area contributed by atoms with Crippen LogP contribution in [0, 0.1) is 17.0 Å². The number of carbonyl (C=O) groups excluding carboxylic acids is 2. The van der Waals surface area contributed by atoms with Gasteiger partial charge in [-0.05, 0) is 55.3 Å². The van der Waals surface area contributed by atoms with Gasteiger partial charge in [0.1, 0.15) is 6.54 Å². The first-order chi connectivity index (χ1) is 14.4. The van der Waals surface area contributed by atoms with Gasteiger partial charge in [-0.15, -0.1) is 0 Å². The zero-order valence-electron chi connectivity index (χ0n) is 16.4. The van der Waals surface area contributed by atoms with Crippen molar-refractivity contribution >= 4 is 45.2 Å². The number of rotatable bonds is 6. The second-order valence-electron chi connectivity index (χ2n) is 6.38. The van der Waals surface area contributed by atoms with Gasteiger partial charge in [0.15, 0.2) is 4.80 Å². The predicted molar refractivity (Wildman–Crippen MR) is 114 cm³/mol. The second-order valence-corrected chi connectivity index (χ2v) is 7.39. The van der Waals surface area contributed by atoms with E-state index in [4.69, 9.17) is 4.74 Å². The van der Waals surface area contributed by atoms with Crippen molar-refractivity contribution in [1.82, 2.24) is 4.57 Å². The minimum absolute atomic E-state index is 0.0243. The number of thiazole rings is 1. The third-order valence-electron chi connectivity index (χ3n) is 4.16. The molecule has 0 fully saturated rings. The van der Waals surface area contributed by atoms with Crippen LogP contribution in [0.5, 0.6) is 0 Å². The number of aromatic nitrogens is 1. The first-order valence-corrected chi connectivity index (χ1v) is 9.96. The van der Waals surface area contributed by atoms with Gasteiger partial charge in [-0.3, -0.25) is 19.7 Å². The maximum absolute atomic E-state index is 12.4. The SMILES string of the molecule is CCOC(=O)Cn1c(=NC(=O)/C=C\c2ccc([N+](=O)[O-])cc2)sc2cc(C)ccc21. The highest BCUT2D eigenvalue weighted by molar-refractivity contribution is 7.16. The van der Waals surface area contributed by atoms with Gasteiger partial charge in [-0.1, -0.05) is 17.4 Å². The Bertz CT molecular complexity index is 1210. The molecule has 30 heavy (non-hydrogen) atoms. The number of nitro groups is 1. The summed E-state index contributed by atoms with van der Waals surface area (Å²) in [7, 11) is 0. The maximum Gasteiger partial charge on any atom is 0.326 e. The van der Waals surface area contributed by atoms with E-state index in [0.29, 0.717) is 10.4 Å². The Morgan fingerprint density at radius 2 is 1.97 bits per heavy atom. The van der Waals surface area contributed by atoms with Crippen molar-refractivity contribution in [2.75, 3.05) is 6.61 Å². The van der Waals surface area contributed by atoms with Crippen LogP contribution in [0.1, 0.15) is 18.1 Å². The number of ether oxygens (including phenoxy) is 1. The molecule has 0 unspecified atom stereocenters. The van der Waals surface area contributed by atoms with Crippen LogP contribution in [-0.2, 0) is 20.9 Å². The third kappa shape index (κ3) is 5.06. The largest absolute Gasteiger partial charge is 0.465 e. The first kappa shape index (κ1) is 21.1. The van der Waals surface area contributed by atoms with Gasteiger partial charge in [0.25, 0.3) is 11.6 Å². The molecule has 2 aromatic carbocycles. The minimum atomic E-state index is -0.505. The Labute approximate surface area is 175 Å². The van der Waals surface area contributed by atoms with Crippen molar-refractivity contribution in [2.45, 2.75) is 20.4 Å². The fraction of sp³-hybridized carbons (Fsp3) is 0.190. The van der Waals surface area contributed by atoms with Gasteiger partial charge in [-0.2, -0.15) is 4.99 Å². The molecule has 8 nitrogen and oxygen atoms in total. The van der Waals surface area contributed by atoms with Crippen molar-refractivity contribution in [3.05, 3.63) is 74.6 Å². The molecule has 0 aliphatic heterocycles. The number of esters is 1. The number of nitro benzene ring substituents is 1. The van der Waals surface area contributed by atoms with Crippen molar-refractivity contribution < 1.29 is 19.2 Å². The monoisotopic (exact) mass is 425 g/mol. The maximum atomic E-state index is 12.4. The molecule has 0 atom stereocenters. The van der Waals surface area contributed by atoms with Crippen LogP contribution in [0.2, 0.25) is 0 Å². The van der Waals surface area contributed by atoms with E-state index < -0.39 is 16.8 Å². The van der Waals surface area contributed by atoms with E-state index in [0.717, 1.165) is 15.8 Å². The standard InChI is InChI=1S/C21H19N3O5S/c1-3-29-20(26)13-23-17-10-4-14(2)12-18(17)30-21(23)22-19(25)11-7-15-5-8-16(9-6-15)24(27)28/h4-12H,3,13H2,1-2H3/b11-7-,22-21?. The third-order valence-corrected chi connectivity index (χ3v) is 5.20. The number of nitrogens with zero attached hydrogens (tertiary/aromatic N) is 3. The molecule has 0 aliphatic rings. The number of carbonyl (C=O) groups is 2. The van der Waals surface area contributed by atoms with Crippen molar-refractivity contribution in [3.8, 4) is 0 Å². The molecule has 3 rings (SSSR count). The molecule has 0 saturated carbocycles. The Morgan fingerprint density at radius 3 is 2.63 bits per heavy atom. The summed E-state index contributed by atoms with van der Waals surface area (Å²) in [5, 5.41) is 10.7. The zero-order chi connectivity index (χ0) is 21.7. The van der Waals surface area contributed by atoms with Crippen molar-refractivity contribution in [3.63, 3.8) is 0 Å². The van der Waals surface area contributed by atoms with Gasteiger partial charge in [0.05, 0.1) is 21.7 Å². The normalized spacial score (nSPS) is 11.9. The minimum Gasteiger partial charge on any atom is -0.465 e. The Morgan fingerprint density at radius 1 is 1.23 bits per heavy atom. The number of fused-ring (bicyclic) bond motifs is 1. The molecule has 0 spiro atoms. The smallest absolute Gasteiger partial charge is 0.326 e. The van der Waals surface area contributed by atoms with Crippen LogP contribution in [0.25, 0.3) is 16.3 Å². The highest BCUT2D eigenvalue weighted by atomic mass is 32.1. The first-order valence-electron chi connectivity index (χ1n) is 9.14. The van der Waals surface area contributed by atoms with Gasteiger partial charge < -0.3 is 9.30 Å². The number of hydrogen-bond donors (Lipinski definition) is 0. The van der Waals surface area contributed by atoms with E-state index in [1.807, 2.05) is 25.1 Å². The van der Waals surface area contributed by atoms with Crippen LogP contribution >= 0.6 is 11.3 Å². The highest BCUT2D eigenvalue weighted by Gasteiger charge is 2.12. The molecule has 9 heteroatoms. The fourth-order valence-electron chi connectivity index (χ4n) is 2.76. The van der Waals surface area contributed by atoms with E-state index in [9.17, 15) is 19.7 Å². The summed E-state index contributed by atoms with van der Waals surface area (Å²) < 4.78 is 7.61. The summed E-state index contributed by atoms with van der Waals surface area (Å²) >= 11 is 1.31. The van der Waals surface area contributed by atoms with Crippen LogP contribution in [0.15, 0.2) is 53.5 Å². The van der Waals surface area contributed by atoms with Gasteiger partial charge in [0, 0.05) is 18.2 Å². The molecule has 0 aliphatic carbocycles. The van der Waals surface area contributed by atoms with E-state index in [1.165, 1.54) is 35.6 Å². The lowest BCUT2D eigenvalue weighted by Crippen LogP contribution is -2.22. The van der Waals surface area contributed by atoms with Crippen LogP contribution in [0.4, 0.5) is 5.69 Å². The quantitative estimate of drug-likeness (QED) is 0.260. The van der Waals surface area contributed by atoms with Crippen molar-refractivity contribution in [2.24, 2.45) is 4.99 Å². The lowest BCUT2D eigenvalue weighted by atomic mass is 10.2. The van der Waals surface area contributed by atoms with E-state index in [-0.39, 0.29) is 18.8 Å². The molecule has 0 N–H and O–H groups in total. The van der Waals surface area contributed by atoms with Crippen LogP contribution < -0.4 is 4.80 Å². The van der Waals surface area contributed by atoms with E-state index in [1.54, 1.807) is 23.6 Å². The fourth-order valence-corrected chi connectivity index (χ4v) is 3.89. The summed E-state index contributed by atoms with van der Waals surface area (Å²) in [5.74, 6) is -0.915. The molecule has 1 amide bonds. The van der Waals surface area contributed by atoms with Crippen LogP contribution in [-0.4, -0.2) is 28.0 Å². The van der Waals surface area contributed by atoms with E-state index >= 15 is 0 Å². The Balaban J connectivity index is 1.92. The van der Waals surface area contributed by atoms with Gasteiger partial charge in [-0.25, -0.2) is 0 Å². The Kier molecular flexibility index (Phi) is 6.53. The lowest BCUT2D eigenvalue weighted by Gasteiger charge is -2.05. The molecule has 0 saturated heterocycles. The van der Waals surface area contributed by atoms with Gasteiger partial charge in [0.2, 0.25) is 0 Å². The molecule has 154 valence electrons.